The number of fused-ring (bicyclic) bond motifs is 1. The summed E-state index contributed by atoms with van der Waals surface area (Å²) in [6.07, 6.45) is 2.48. The minimum Gasteiger partial charge on any atom is -0.493 e. The molecular weight excluding hydrogens is 422 g/mol. The molecule has 34 heavy (non-hydrogen) atoms. The van der Waals surface area contributed by atoms with Crippen LogP contribution in [0.3, 0.4) is 0 Å². The first-order chi connectivity index (χ1) is 16.4. The number of rotatable bonds is 9. The number of hydrogen-bond acceptors (Lipinski definition) is 4. The Bertz CT molecular complexity index is 1100. The van der Waals surface area contributed by atoms with Gasteiger partial charge in [-0.25, -0.2) is 0 Å². The van der Waals surface area contributed by atoms with Gasteiger partial charge >= 0.3 is 0 Å². The molecule has 0 amide bonds. The number of likely N-dealkylation sites (N-methyl/N-ethyl adjacent to an activating group) is 1. The van der Waals surface area contributed by atoms with Gasteiger partial charge in [0.25, 0.3) is 0 Å². The van der Waals surface area contributed by atoms with Crippen molar-refractivity contribution in [3.05, 3.63) is 47.5 Å². The first-order valence-electron chi connectivity index (χ1n) is 12.6. The normalized spacial score (nSPS) is 15.5. The second kappa shape index (κ2) is 10.8. The molecule has 2 heterocycles. The van der Waals surface area contributed by atoms with Crippen LogP contribution in [0.5, 0.6) is 11.5 Å². The summed E-state index contributed by atoms with van der Waals surface area (Å²) in [6, 6.07) is 13.1. The number of aromatic amines is 1. The highest BCUT2D eigenvalue weighted by Crippen LogP contribution is 2.37. The molecule has 184 valence electrons. The van der Waals surface area contributed by atoms with E-state index < -0.39 is 0 Å². The molecule has 5 heteroatoms. The second-order valence-electron chi connectivity index (χ2n) is 10.3. The molecule has 0 aliphatic carbocycles. The predicted molar refractivity (Wildman–Crippen MR) is 142 cm³/mol. The average molecular weight is 464 g/mol. The third-order valence-electron chi connectivity index (χ3n) is 7.29. The van der Waals surface area contributed by atoms with Crippen LogP contribution in [0.2, 0.25) is 0 Å². The van der Waals surface area contributed by atoms with E-state index in [2.05, 4.69) is 66.9 Å². The van der Waals surface area contributed by atoms with Gasteiger partial charge in [0.05, 0.1) is 14.2 Å². The van der Waals surface area contributed by atoms with Crippen LogP contribution in [-0.4, -0.2) is 68.8 Å². The molecule has 0 bridgehead atoms. The van der Waals surface area contributed by atoms with Gasteiger partial charge < -0.3 is 24.3 Å². The molecule has 4 rings (SSSR count). The number of likely N-dealkylation sites (tertiary alicyclic amines) is 1. The molecule has 1 fully saturated rings. The van der Waals surface area contributed by atoms with Crippen molar-refractivity contribution >= 4 is 10.9 Å². The summed E-state index contributed by atoms with van der Waals surface area (Å²) in [7, 11) is 5.60. The zero-order valence-electron chi connectivity index (χ0n) is 21.8. The van der Waals surface area contributed by atoms with Crippen LogP contribution in [-0.2, 0) is 0 Å². The number of benzene rings is 2. The number of H-pyrrole nitrogens is 1. The van der Waals surface area contributed by atoms with Crippen molar-refractivity contribution in [2.75, 3.05) is 54.0 Å². The maximum absolute atomic E-state index is 5.52. The Morgan fingerprint density at radius 1 is 1.03 bits per heavy atom. The summed E-state index contributed by atoms with van der Waals surface area (Å²) in [4.78, 5) is 8.75. The van der Waals surface area contributed by atoms with E-state index in [4.69, 9.17) is 9.47 Å². The van der Waals surface area contributed by atoms with E-state index in [9.17, 15) is 0 Å². The molecule has 3 aromatic rings. The lowest BCUT2D eigenvalue weighted by Crippen LogP contribution is -2.39. The van der Waals surface area contributed by atoms with Crippen LogP contribution in [0.15, 0.2) is 36.4 Å². The summed E-state index contributed by atoms with van der Waals surface area (Å²) in [5.41, 5.74) is 6.22. The van der Waals surface area contributed by atoms with Gasteiger partial charge in [0.2, 0.25) is 0 Å². The maximum Gasteiger partial charge on any atom is 0.161 e. The van der Waals surface area contributed by atoms with Gasteiger partial charge in [0, 0.05) is 41.8 Å². The monoisotopic (exact) mass is 463 g/mol. The number of aryl methyl sites for hydroxylation is 1. The first kappa shape index (κ1) is 24.6. The van der Waals surface area contributed by atoms with E-state index >= 15 is 0 Å². The van der Waals surface area contributed by atoms with E-state index in [1.807, 2.05) is 12.1 Å². The lowest BCUT2D eigenvalue weighted by molar-refractivity contribution is 0.179. The van der Waals surface area contributed by atoms with Gasteiger partial charge in [0.1, 0.15) is 0 Å². The van der Waals surface area contributed by atoms with Crippen LogP contribution in [0.1, 0.15) is 43.7 Å². The van der Waals surface area contributed by atoms with E-state index in [0.717, 1.165) is 35.2 Å². The zero-order chi connectivity index (χ0) is 24.2. The van der Waals surface area contributed by atoms with Gasteiger partial charge in [-0.05, 0) is 93.2 Å². The summed E-state index contributed by atoms with van der Waals surface area (Å²) in [6.45, 7) is 12.7. The summed E-state index contributed by atoms with van der Waals surface area (Å²) in [5, 5.41) is 1.32. The highest BCUT2D eigenvalue weighted by atomic mass is 16.5. The van der Waals surface area contributed by atoms with E-state index in [1.165, 1.54) is 61.1 Å². The number of methoxy groups -OCH3 is 2. The van der Waals surface area contributed by atoms with E-state index in [-0.39, 0.29) is 0 Å². The van der Waals surface area contributed by atoms with E-state index in [0.29, 0.717) is 5.92 Å². The molecule has 1 aliphatic rings. The fourth-order valence-electron chi connectivity index (χ4n) is 5.40. The molecule has 0 spiro atoms. The topological polar surface area (TPSA) is 40.7 Å². The molecule has 0 radical (unpaired) electrons. The van der Waals surface area contributed by atoms with Crippen molar-refractivity contribution < 1.29 is 9.47 Å². The van der Waals surface area contributed by atoms with Gasteiger partial charge in [-0.1, -0.05) is 19.9 Å². The van der Waals surface area contributed by atoms with Crippen LogP contribution < -0.4 is 9.47 Å². The Morgan fingerprint density at radius 3 is 2.44 bits per heavy atom. The average Bonchev–Trinajstić information content (AvgIpc) is 3.18. The minimum absolute atomic E-state index is 0.646. The number of piperidine rings is 1. The first-order valence-corrected chi connectivity index (χ1v) is 12.6. The van der Waals surface area contributed by atoms with Crippen molar-refractivity contribution in [3.63, 3.8) is 0 Å². The summed E-state index contributed by atoms with van der Waals surface area (Å²) >= 11 is 0. The van der Waals surface area contributed by atoms with Crippen molar-refractivity contribution in [3.8, 4) is 22.8 Å². The lowest BCUT2D eigenvalue weighted by atomic mass is 9.88. The molecule has 0 saturated carbocycles. The number of ether oxygens (including phenoxy) is 2. The summed E-state index contributed by atoms with van der Waals surface area (Å²) in [5.74, 6) is 2.88. The van der Waals surface area contributed by atoms with Gasteiger partial charge in [-0.15, -0.1) is 0 Å². The Morgan fingerprint density at radius 2 is 1.76 bits per heavy atom. The molecule has 5 nitrogen and oxygen atoms in total. The summed E-state index contributed by atoms with van der Waals surface area (Å²) < 4.78 is 10.9. The highest BCUT2D eigenvalue weighted by Gasteiger charge is 2.22. The van der Waals surface area contributed by atoms with Crippen LogP contribution in [0, 0.1) is 12.8 Å². The Labute approximate surface area is 205 Å². The Kier molecular flexibility index (Phi) is 7.84. The number of hydrogen-bond donors (Lipinski definition) is 1. The Balaban J connectivity index is 1.45. The molecule has 1 aromatic heterocycles. The number of nitrogens with one attached hydrogen (secondary N) is 1. The highest BCUT2D eigenvalue weighted by molar-refractivity contribution is 5.91. The molecule has 1 N–H and O–H groups in total. The molecule has 1 aliphatic heterocycles. The second-order valence-corrected chi connectivity index (χ2v) is 10.3. The fourth-order valence-corrected chi connectivity index (χ4v) is 5.40. The van der Waals surface area contributed by atoms with Crippen LogP contribution in [0.25, 0.3) is 22.2 Å². The SMILES string of the molecule is COc1ccc(-c2[nH]c3ccc(C4CCN(CCN(C)CC(C)C)CC4)cc3c2C)cc1OC. The predicted octanol–water partition coefficient (Wildman–Crippen LogP) is 5.93. The molecule has 1 saturated heterocycles. The third kappa shape index (κ3) is 5.42. The van der Waals surface area contributed by atoms with Gasteiger partial charge in [0.15, 0.2) is 11.5 Å². The minimum atomic E-state index is 0.646. The van der Waals surface area contributed by atoms with Crippen molar-refractivity contribution in [2.24, 2.45) is 5.92 Å². The smallest absolute Gasteiger partial charge is 0.161 e. The standard InChI is InChI=1S/C29H41N3O2/c1-20(2)19-31(4)15-16-32-13-11-22(12-14-32)23-7-9-26-25(17-23)21(3)29(30-26)24-8-10-27(33-5)28(18-24)34-6/h7-10,17-18,20,22,30H,11-16,19H2,1-6H3. The van der Waals surface area contributed by atoms with Crippen LogP contribution in [0.4, 0.5) is 0 Å². The lowest BCUT2D eigenvalue weighted by Gasteiger charge is -2.33. The quantitative estimate of drug-likeness (QED) is 0.427. The number of nitrogens with zero attached hydrogens (tertiary/aromatic N) is 2. The van der Waals surface area contributed by atoms with E-state index in [1.54, 1.807) is 14.2 Å². The Hall–Kier alpha value is -2.50. The molecule has 0 atom stereocenters. The zero-order valence-corrected chi connectivity index (χ0v) is 21.8. The molecule has 2 aromatic carbocycles. The van der Waals surface area contributed by atoms with Gasteiger partial charge in [-0.2, -0.15) is 0 Å². The van der Waals surface area contributed by atoms with Crippen molar-refractivity contribution in [2.45, 2.75) is 39.5 Å². The third-order valence-corrected chi connectivity index (χ3v) is 7.29. The van der Waals surface area contributed by atoms with Crippen molar-refractivity contribution in [1.29, 1.82) is 0 Å². The number of aromatic nitrogens is 1. The molecule has 0 unspecified atom stereocenters. The maximum atomic E-state index is 5.52. The van der Waals surface area contributed by atoms with Gasteiger partial charge in [-0.3, -0.25) is 0 Å². The largest absolute Gasteiger partial charge is 0.493 e. The van der Waals surface area contributed by atoms with Crippen molar-refractivity contribution in [1.82, 2.24) is 14.8 Å². The fraction of sp³-hybridized carbons (Fsp3) is 0.517. The molecular formula is C29H41N3O2. The van der Waals surface area contributed by atoms with Crippen LogP contribution >= 0.6 is 0 Å².